The van der Waals surface area contributed by atoms with Gasteiger partial charge in [0, 0.05) is 16.6 Å². The van der Waals surface area contributed by atoms with Crippen LogP contribution in [0.25, 0.3) is 0 Å². The highest BCUT2D eigenvalue weighted by atomic mass is 35.5. The van der Waals surface area contributed by atoms with Gasteiger partial charge in [-0.25, -0.2) is 0 Å². The molecule has 0 radical (unpaired) electrons. The van der Waals surface area contributed by atoms with Crippen molar-refractivity contribution < 1.29 is 5.11 Å². The minimum absolute atomic E-state index is 0.114. The second-order valence-electron chi connectivity index (χ2n) is 5.53. The highest BCUT2D eigenvalue weighted by Crippen LogP contribution is 2.29. The number of hydrogen-bond acceptors (Lipinski definition) is 2. The molecule has 3 heteroatoms. The molecule has 0 bridgehead atoms. The van der Waals surface area contributed by atoms with Crippen molar-refractivity contribution in [2.24, 2.45) is 0 Å². The topological polar surface area (TPSA) is 32.3 Å². The van der Waals surface area contributed by atoms with Gasteiger partial charge >= 0.3 is 0 Å². The number of halogens is 1. The van der Waals surface area contributed by atoms with Crippen LogP contribution in [0, 0.1) is 0 Å². The Bertz CT molecular complexity index is 392. The standard InChI is InChI=1S/C14H20ClNO/c1-14(2)8-4-7-12(16-14)13(17)10-5-3-6-11(15)9-10/h3,5-6,9,12-13,16-17H,4,7-8H2,1-2H3/t12-,13?/m1/s1. The fourth-order valence-corrected chi connectivity index (χ4v) is 2.77. The molecule has 1 aromatic rings. The molecule has 0 amide bonds. The van der Waals surface area contributed by atoms with Crippen molar-refractivity contribution in [2.45, 2.75) is 50.8 Å². The molecule has 1 aliphatic heterocycles. The van der Waals surface area contributed by atoms with Crippen LogP contribution in [0.4, 0.5) is 0 Å². The minimum atomic E-state index is -0.478. The van der Waals surface area contributed by atoms with E-state index in [0.717, 1.165) is 24.8 Å². The van der Waals surface area contributed by atoms with Crippen molar-refractivity contribution in [2.75, 3.05) is 0 Å². The van der Waals surface area contributed by atoms with Crippen molar-refractivity contribution in [1.82, 2.24) is 5.32 Å². The Morgan fingerprint density at radius 3 is 2.88 bits per heavy atom. The number of aliphatic hydroxyl groups excluding tert-OH is 1. The van der Waals surface area contributed by atoms with Crippen LogP contribution in [0.5, 0.6) is 0 Å². The molecule has 1 aliphatic rings. The summed E-state index contributed by atoms with van der Waals surface area (Å²) in [6.45, 7) is 4.37. The Labute approximate surface area is 108 Å². The number of piperidine rings is 1. The normalized spacial score (nSPS) is 25.5. The van der Waals surface area contributed by atoms with Gasteiger partial charge in [0.15, 0.2) is 0 Å². The van der Waals surface area contributed by atoms with Gasteiger partial charge in [0.05, 0.1) is 6.10 Å². The Morgan fingerprint density at radius 2 is 2.24 bits per heavy atom. The zero-order chi connectivity index (χ0) is 12.5. The molecule has 1 unspecified atom stereocenters. The maximum atomic E-state index is 10.4. The smallest absolute Gasteiger partial charge is 0.0943 e. The van der Waals surface area contributed by atoms with E-state index in [4.69, 9.17) is 11.6 Å². The second-order valence-corrected chi connectivity index (χ2v) is 5.96. The van der Waals surface area contributed by atoms with Gasteiger partial charge in [-0.05, 0) is 50.8 Å². The third-order valence-electron chi connectivity index (χ3n) is 3.46. The fourth-order valence-electron chi connectivity index (χ4n) is 2.57. The van der Waals surface area contributed by atoms with E-state index in [-0.39, 0.29) is 11.6 Å². The van der Waals surface area contributed by atoms with Crippen LogP contribution in [-0.2, 0) is 0 Å². The number of rotatable bonds is 2. The Morgan fingerprint density at radius 1 is 1.47 bits per heavy atom. The summed E-state index contributed by atoms with van der Waals surface area (Å²) in [5, 5.41) is 14.6. The summed E-state index contributed by atoms with van der Waals surface area (Å²) >= 11 is 5.95. The molecule has 0 spiro atoms. The van der Waals surface area contributed by atoms with E-state index in [9.17, 15) is 5.11 Å². The molecule has 1 heterocycles. The number of benzene rings is 1. The maximum Gasteiger partial charge on any atom is 0.0943 e. The van der Waals surface area contributed by atoms with Crippen molar-refractivity contribution in [3.05, 3.63) is 34.9 Å². The van der Waals surface area contributed by atoms with Gasteiger partial charge in [0.1, 0.15) is 0 Å². The van der Waals surface area contributed by atoms with Crippen molar-refractivity contribution in [3.8, 4) is 0 Å². The second kappa shape index (κ2) is 4.97. The highest BCUT2D eigenvalue weighted by Gasteiger charge is 2.31. The first-order valence-corrected chi connectivity index (χ1v) is 6.57. The third kappa shape index (κ3) is 3.21. The Balaban J connectivity index is 2.12. The van der Waals surface area contributed by atoms with E-state index in [1.807, 2.05) is 24.3 Å². The molecular weight excluding hydrogens is 234 g/mol. The van der Waals surface area contributed by atoms with Crippen LogP contribution >= 0.6 is 11.6 Å². The molecule has 0 aliphatic carbocycles. The van der Waals surface area contributed by atoms with Crippen LogP contribution < -0.4 is 5.32 Å². The number of nitrogens with one attached hydrogen (secondary N) is 1. The lowest BCUT2D eigenvalue weighted by Crippen LogP contribution is -2.51. The van der Waals surface area contributed by atoms with E-state index in [1.165, 1.54) is 0 Å². The molecule has 2 N–H and O–H groups in total. The summed E-state index contributed by atoms with van der Waals surface area (Å²) in [6.07, 6.45) is 2.85. The van der Waals surface area contributed by atoms with E-state index < -0.39 is 6.10 Å². The average Bonchev–Trinajstić information content (AvgIpc) is 2.26. The van der Waals surface area contributed by atoms with Gasteiger partial charge in [-0.1, -0.05) is 23.7 Å². The summed E-state index contributed by atoms with van der Waals surface area (Å²) in [4.78, 5) is 0. The van der Waals surface area contributed by atoms with Gasteiger partial charge in [-0.2, -0.15) is 0 Å². The molecule has 1 saturated heterocycles. The summed E-state index contributed by atoms with van der Waals surface area (Å²) in [5.41, 5.74) is 1.01. The largest absolute Gasteiger partial charge is 0.387 e. The van der Waals surface area contributed by atoms with Gasteiger partial charge in [0.25, 0.3) is 0 Å². The van der Waals surface area contributed by atoms with Crippen LogP contribution in [-0.4, -0.2) is 16.7 Å². The Kier molecular flexibility index (Phi) is 3.76. The predicted octanol–water partition coefficient (Wildman–Crippen LogP) is 3.29. The zero-order valence-corrected chi connectivity index (χ0v) is 11.2. The van der Waals surface area contributed by atoms with Gasteiger partial charge in [-0.15, -0.1) is 0 Å². The van der Waals surface area contributed by atoms with Crippen LogP contribution in [0.15, 0.2) is 24.3 Å². The van der Waals surface area contributed by atoms with Gasteiger partial charge < -0.3 is 10.4 Å². The van der Waals surface area contributed by atoms with Crippen molar-refractivity contribution >= 4 is 11.6 Å². The summed E-state index contributed by atoms with van der Waals surface area (Å²) in [6, 6.07) is 7.61. The van der Waals surface area contributed by atoms with Crippen LogP contribution in [0.2, 0.25) is 5.02 Å². The molecular formula is C14H20ClNO. The first-order chi connectivity index (χ1) is 7.98. The molecule has 0 aromatic heterocycles. The zero-order valence-electron chi connectivity index (χ0n) is 10.4. The lowest BCUT2D eigenvalue weighted by Gasteiger charge is -2.39. The highest BCUT2D eigenvalue weighted by molar-refractivity contribution is 6.30. The third-order valence-corrected chi connectivity index (χ3v) is 3.70. The molecule has 1 fully saturated rings. The summed E-state index contributed by atoms with van der Waals surface area (Å²) in [7, 11) is 0. The van der Waals surface area contributed by atoms with Crippen molar-refractivity contribution in [1.29, 1.82) is 0 Å². The Hall–Kier alpha value is -0.570. The SMILES string of the molecule is CC1(C)CCC[C@H](C(O)c2cccc(Cl)c2)N1. The molecule has 0 saturated carbocycles. The minimum Gasteiger partial charge on any atom is -0.387 e. The van der Waals surface area contributed by atoms with Gasteiger partial charge in [0.2, 0.25) is 0 Å². The number of hydrogen-bond donors (Lipinski definition) is 2. The lowest BCUT2D eigenvalue weighted by molar-refractivity contribution is 0.0844. The molecule has 17 heavy (non-hydrogen) atoms. The van der Waals surface area contributed by atoms with Crippen LogP contribution in [0.3, 0.4) is 0 Å². The molecule has 2 atom stereocenters. The van der Waals surface area contributed by atoms with E-state index in [1.54, 1.807) is 0 Å². The van der Waals surface area contributed by atoms with E-state index in [0.29, 0.717) is 5.02 Å². The molecule has 2 nitrogen and oxygen atoms in total. The molecule has 2 rings (SSSR count). The summed E-state index contributed by atoms with van der Waals surface area (Å²) in [5.74, 6) is 0. The molecule has 94 valence electrons. The van der Waals surface area contributed by atoms with Crippen molar-refractivity contribution in [3.63, 3.8) is 0 Å². The predicted molar refractivity (Wildman–Crippen MR) is 71.3 cm³/mol. The number of aliphatic hydroxyl groups is 1. The van der Waals surface area contributed by atoms with E-state index in [2.05, 4.69) is 19.2 Å². The molecule has 1 aromatic carbocycles. The quantitative estimate of drug-likeness (QED) is 0.848. The van der Waals surface area contributed by atoms with E-state index >= 15 is 0 Å². The maximum absolute atomic E-state index is 10.4. The monoisotopic (exact) mass is 253 g/mol. The average molecular weight is 254 g/mol. The van der Waals surface area contributed by atoms with Gasteiger partial charge in [-0.3, -0.25) is 0 Å². The fraction of sp³-hybridized carbons (Fsp3) is 0.571. The van der Waals surface area contributed by atoms with Crippen LogP contribution in [0.1, 0.15) is 44.8 Å². The first-order valence-electron chi connectivity index (χ1n) is 6.19. The first kappa shape index (κ1) is 12.9. The summed E-state index contributed by atoms with van der Waals surface area (Å²) < 4.78 is 0. The lowest BCUT2D eigenvalue weighted by atomic mass is 9.86.